The number of likely N-dealkylation sites (tertiary alicyclic amines) is 1. The Bertz CT molecular complexity index is 1280. The molecule has 0 bridgehead atoms. The monoisotopic (exact) mass is 488 g/mol. The highest BCUT2D eigenvalue weighted by Crippen LogP contribution is 2.45. The van der Waals surface area contributed by atoms with Gasteiger partial charge < -0.3 is 19.2 Å². The highest BCUT2D eigenvalue weighted by atomic mass is 35.5. The first-order valence-electron chi connectivity index (χ1n) is 11.8. The van der Waals surface area contributed by atoms with Gasteiger partial charge in [-0.2, -0.15) is 0 Å². The largest absolute Gasteiger partial charge is 0.495 e. The Hall–Kier alpha value is -3.51. The molecule has 1 amide bonds. The zero-order chi connectivity index (χ0) is 24.0. The van der Waals surface area contributed by atoms with Gasteiger partial charge in [0.25, 0.3) is 0 Å². The number of nitrogens with zero attached hydrogens (tertiary/aromatic N) is 2. The van der Waals surface area contributed by atoms with Crippen molar-refractivity contribution in [1.29, 1.82) is 0 Å². The molecule has 0 radical (unpaired) electrons. The summed E-state index contributed by atoms with van der Waals surface area (Å²) in [6, 6.07) is 21.2. The molecular weight excluding hydrogens is 464 g/mol. The van der Waals surface area contributed by atoms with Gasteiger partial charge in [0.15, 0.2) is 0 Å². The number of hydrogen-bond acceptors (Lipinski definition) is 5. The molecule has 3 aromatic rings. The van der Waals surface area contributed by atoms with E-state index in [0.29, 0.717) is 30.3 Å². The minimum atomic E-state index is -0.384. The average Bonchev–Trinajstić information content (AvgIpc) is 3.31. The molecule has 0 aromatic heterocycles. The van der Waals surface area contributed by atoms with Crippen molar-refractivity contribution in [2.75, 3.05) is 20.2 Å². The second-order valence-corrected chi connectivity index (χ2v) is 9.68. The molecule has 0 aliphatic carbocycles. The van der Waals surface area contributed by atoms with Gasteiger partial charge in [-0.05, 0) is 24.3 Å². The number of hydrogen-bond donors (Lipinski definition) is 0. The number of amides is 1. The molecule has 0 N–H and O–H groups in total. The maximum absolute atomic E-state index is 13.8. The topological polar surface area (TPSA) is 60.4 Å². The number of oxime groups is 1. The number of ether oxygens (including phenoxy) is 2. The minimum absolute atomic E-state index is 0.102. The average molecular weight is 489 g/mol. The summed E-state index contributed by atoms with van der Waals surface area (Å²) in [6.07, 6.45) is 2.15. The number of para-hydroxylation sites is 2. The Morgan fingerprint density at radius 3 is 2.34 bits per heavy atom. The summed E-state index contributed by atoms with van der Waals surface area (Å²) in [5, 5.41) is 4.97. The number of fused-ring (bicyclic) bond motifs is 2. The van der Waals surface area contributed by atoms with Crippen LogP contribution < -0.4 is 9.47 Å². The fraction of sp³-hybridized carbons (Fsp3) is 0.286. The highest BCUT2D eigenvalue weighted by Gasteiger charge is 2.45. The Morgan fingerprint density at radius 2 is 1.69 bits per heavy atom. The Balaban J connectivity index is 1.18. The van der Waals surface area contributed by atoms with Crippen molar-refractivity contribution in [3.05, 3.63) is 88.4 Å². The maximum atomic E-state index is 13.8. The number of carbonyl (C=O) groups is 1. The summed E-state index contributed by atoms with van der Waals surface area (Å²) in [4.78, 5) is 21.8. The van der Waals surface area contributed by atoms with Crippen molar-refractivity contribution < 1.29 is 19.1 Å². The van der Waals surface area contributed by atoms with Gasteiger partial charge in [-0.15, -0.1) is 0 Å². The summed E-state index contributed by atoms with van der Waals surface area (Å²) >= 11 is 6.18. The third kappa shape index (κ3) is 3.82. The lowest BCUT2D eigenvalue weighted by atomic mass is 9.83. The van der Waals surface area contributed by atoms with E-state index in [9.17, 15) is 4.79 Å². The molecule has 3 aliphatic rings. The molecule has 178 valence electrons. The Morgan fingerprint density at radius 1 is 1.03 bits per heavy atom. The third-order valence-electron chi connectivity index (χ3n) is 7.24. The molecule has 6 rings (SSSR count). The fourth-order valence-corrected chi connectivity index (χ4v) is 5.47. The molecule has 6 nitrogen and oxygen atoms in total. The number of halogens is 1. The number of methoxy groups -OCH3 is 1. The van der Waals surface area contributed by atoms with E-state index in [4.69, 9.17) is 25.9 Å². The normalized spacial score (nSPS) is 18.2. The Kier molecular flexibility index (Phi) is 5.41. The van der Waals surface area contributed by atoms with Crippen molar-refractivity contribution in [3.63, 3.8) is 0 Å². The van der Waals surface area contributed by atoms with Gasteiger partial charge in [-0.3, -0.25) is 4.79 Å². The summed E-state index contributed by atoms with van der Waals surface area (Å²) in [5.41, 5.74) is 3.26. The number of piperidine rings is 1. The van der Waals surface area contributed by atoms with Crippen molar-refractivity contribution in [1.82, 2.24) is 4.90 Å². The van der Waals surface area contributed by atoms with E-state index in [-0.39, 0.29) is 17.4 Å². The molecule has 35 heavy (non-hydrogen) atoms. The van der Waals surface area contributed by atoms with Crippen LogP contribution in [0.4, 0.5) is 0 Å². The molecule has 0 unspecified atom stereocenters. The second kappa shape index (κ2) is 8.61. The van der Waals surface area contributed by atoms with Gasteiger partial charge in [0.2, 0.25) is 5.91 Å². The molecule has 3 aliphatic heterocycles. The van der Waals surface area contributed by atoms with E-state index in [1.807, 2.05) is 71.6 Å². The van der Waals surface area contributed by atoms with Crippen molar-refractivity contribution in [2.45, 2.75) is 30.8 Å². The minimum Gasteiger partial charge on any atom is -0.495 e. The van der Waals surface area contributed by atoms with Gasteiger partial charge >= 0.3 is 0 Å². The van der Waals surface area contributed by atoms with E-state index in [0.717, 1.165) is 46.7 Å². The quantitative estimate of drug-likeness (QED) is 0.469. The van der Waals surface area contributed by atoms with Gasteiger partial charge in [0.05, 0.1) is 23.8 Å². The van der Waals surface area contributed by atoms with Crippen LogP contribution >= 0.6 is 11.6 Å². The van der Waals surface area contributed by atoms with Crippen LogP contribution in [0.1, 0.15) is 41.9 Å². The second-order valence-electron chi connectivity index (χ2n) is 9.27. The molecule has 0 saturated carbocycles. The number of benzene rings is 3. The first kappa shape index (κ1) is 22.0. The summed E-state index contributed by atoms with van der Waals surface area (Å²) < 4.78 is 11.4. The van der Waals surface area contributed by atoms with Gasteiger partial charge in [-0.25, -0.2) is 0 Å². The lowest BCUT2D eigenvalue weighted by molar-refractivity contribution is -0.137. The van der Waals surface area contributed by atoms with Crippen LogP contribution in [0.5, 0.6) is 17.2 Å². The van der Waals surface area contributed by atoms with E-state index < -0.39 is 0 Å². The van der Waals surface area contributed by atoms with E-state index in [1.165, 1.54) is 0 Å². The van der Waals surface area contributed by atoms with Crippen LogP contribution in [0.2, 0.25) is 5.02 Å². The molecule has 3 aromatic carbocycles. The number of rotatable bonds is 3. The first-order chi connectivity index (χ1) is 17.1. The van der Waals surface area contributed by atoms with Crippen LogP contribution in [0.15, 0.2) is 71.9 Å². The molecule has 1 spiro atoms. The molecule has 7 heteroatoms. The van der Waals surface area contributed by atoms with Crippen molar-refractivity contribution in [3.8, 4) is 17.2 Å². The zero-order valence-electron chi connectivity index (χ0n) is 19.4. The summed E-state index contributed by atoms with van der Waals surface area (Å²) in [5.74, 6) is 1.83. The van der Waals surface area contributed by atoms with Gasteiger partial charge in [-0.1, -0.05) is 59.2 Å². The fourth-order valence-electron chi connectivity index (χ4n) is 5.28. The molecule has 3 heterocycles. The van der Waals surface area contributed by atoms with Crippen LogP contribution in [0, 0.1) is 0 Å². The van der Waals surface area contributed by atoms with Crippen LogP contribution in [0.25, 0.3) is 0 Å². The van der Waals surface area contributed by atoms with Crippen LogP contribution in [-0.4, -0.2) is 42.3 Å². The number of carbonyl (C=O) groups excluding carboxylic acids is 1. The third-order valence-corrected chi connectivity index (χ3v) is 7.55. The molecule has 1 fully saturated rings. The van der Waals surface area contributed by atoms with Crippen molar-refractivity contribution >= 4 is 23.2 Å². The maximum Gasteiger partial charge on any atom is 0.234 e. The van der Waals surface area contributed by atoms with E-state index >= 15 is 0 Å². The van der Waals surface area contributed by atoms with Crippen LogP contribution in [0.3, 0.4) is 0 Å². The molecular formula is C28H25ClN2O4. The van der Waals surface area contributed by atoms with Gasteiger partial charge in [0, 0.05) is 49.0 Å². The van der Waals surface area contributed by atoms with Crippen molar-refractivity contribution in [2.24, 2.45) is 5.16 Å². The zero-order valence-corrected chi connectivity index (χ0v) is 20.1. The summed E-state index contributed by atoms with van der Waals surface area (Å²) in [7, 11) is 1.60. The predicted octanol–water partition coefficient (Wildman–Crippen LogP) is 5.77. The molecule has 1 saturated heterocycles. The SMILES string of the molecule is COc1cc(C2=NOC3(CCN(C(=O)C4c5ccccc5Oc5ccccc54)CC3)C2)ccc1Cl. The summed E-state index contributed by atoms with van der Waals surface area (Å²) in [6.45, 7) is 1.24. The highest BCUT2D eigenvalue weighted by molar-refractivity contribution is 6.32. The van der Waals surface area contributed by atoms with Gasteiger partial charge in [0.1, 0.15) is 22.8 Å². The first-order valence-corrected chi connectivity index (χ1v) is 12.2. The smallest absolute Gasteiger partial charge is 0.234 e. The lowest BCUT2D eigenvalue weighted by Gasteiger charge is -2.39. The molecule has 0 atom stereocenters. The van der Waals surface area contributed by atoms with Crippen LogP contribution in [-0.2, 0) is 9.63 Å². The van der Waals surface area contributed by atoms with E-state index in [2.05, 4.69) is 5.16 Å². The predicted molar refractivity (Wildman–Crippen MR) is 134 cm³/mol. The lowest BCUT2D eigenvalue weighted by Crippen LogP contribution is -2.48. The van der Waals surface area contributed by atoms with E-state index in [1.54, 1.807) is 7.11 Å². The Labute approximate surface area is 209 Å². The standard InChI is InChI=1S/C28H25ClN2O4/c1-33-25-16-18(10-11-21(25)29)22-17-28(35-30-22)12-14-31(15-13-28)27(32)26-19-6-2-4-8-23(19)34-24-9-5-3-7-20(24)26/h2-11,16,26H,12-15,17H2,1H3.